The average molecular weight is 201 g/mol. The number of ether oxygens (including phenoxy) is 1. The van der Waals surface area contributed by atoms with E-state index >= 15 is 0 Å². The summed E-state index contributed by atoms with van der Waals surface area (Å²) in [6, 6.07) is 8.63. The zero-order valence-corrected chi connectivity index (χ0v) is 8.34. The lowest BCUT2D eigenvalue weighted by Crippen LogP contribution is -1.88. The van der Waals surface area contributed by atoms with Gasteiger partial charge in [0.1, 0.15) is 5.75 Å². The van der Waals surface area contributed by atoms with Crippen LogP contribution in [0.5, 0.6) is 17.2 Å². The second-order valence-electron chi connectivity index (χ2n) is 3.21. The van der Waals surface area contributed by atoms with Gasteiger partial charge in [0.2, 0.25) is 0 Å². The molecule has 0 aliphatic carbocycles. The number of benzene rings is 1. The van der Waals surface area contributed by atoms with Gasteiger partial charge in [0.05, 0.1) is 0 Å². The maximum atomic E-state index is 9.52. The minimum Gasteiger partial charge on any atom is -0.504 e. The molecule has 0 aliphatic heterocycles. The van der Waals surface area contributed by atoms with Gasteiger partial charge in [-0.25, -0.2) is 0 Å². The summed E-state index contributed by atoms with van der Waals surface area (Å²) >= 11 is 0. The Hall–Kier alpha value is -2.03. The molecule has 0 saturated carbocycles. The summed E-state index contributed by atoms with van der Waals surface area (Å²) < 4.78 is 5.55. The summed E-state index contributed by atoms with van der Waals surface area (Å²) in [5.41, 5.74) is 0.931. The Morgan fingerprint density at radius 2 is 1.93 bits per heavy atom. The number of phenolic OH excluding ortho intramolecular Hbond substituents is 1. The van der Waals surface area contributed by atoms with Crippen molar-refractivity contribution in [2.45, 2.75) is 6.92 Å². The monoisotopic (exact) mass is 201 g/mol. The van der Waals surface area contributed by atoms with E-state index < -0.39 is 0 Å². The molecule has 0 radical (unpaired) electrons. The number of phenols is 1. The fourth-order valence-corrected chi connectivity index (χ4v) is 1.24. The van der Waals surface area contributed by atoms with Crippen LogP contribution in [0.3, 0.4) is 0 Å². The summed E-state index contributed by atoms with van der Waals surface area (Å²) in [6.45, 7) is 1.91. The van der Waals surface area contributed by atoms with Crippen molar-refractivity contribution in [2.24, 2.45) is 0 Å². The highest BCUT2D eigenvalue weighted by atomic mass is 16.5. The zero-order chi connectivity index (χ0) is 10.7. The molecular weight excluding hydrogens is 190 g/mol. The van der Waals surface area contributed by atoms with Crippen molar-refractivity contribution >= 4 is 0 Å². The van der Waals surface area contributed by atoms with Gasteiger partial charge in [-0.05, 0) is 25.1 Å². The largest absolute Gasteiger partial charge is 0.504 e. The second kappa shape index (κ2) is 4.00. The van der Waals surface area contributed by atoms with Gasteiger partial charge in [-0.1, -0.05) is 12.1 Å². The highest BCUT2D eigenvalue weighted by Crippen LogP contribution is 2.30. The van der Waals surface area contributed by atoms with Crippen LogP contribution in [0.4, 0.5) is 0 Å². The Balaban J connectivity index is 2.30. The third-order valence-electron chi connectivity index (χ3n) is 2.05. The van der Waals surface area contributed by atoms with Crippen molar-refractivity contribution in [3.8, 4) is 17.2 Å². The van der Waals surface area contributed by atoms with E-state index in [-0.39, 0.29) is 5.75 Å². The fourth-order valence-electron chi connectivity index (χ4n) is 1.24. The van der Waals surface area contributed by atoms with Crippen molar-refractivity contribution in [3.05, 3.63) is 48.3 Å². The van der Waals surface area contributed by atoms with E-state index in [9.17, 15) is 5.11 Å². The molecule has 15 heavy (non-hydrogen) atoms. The van der Waals surface area contributed by atoms with Crippen molar-refractivity contribution < 1.29 is 9.84 Å². The number of aromatic hydroxyl groups is 1. The molecule has 0 saturated heterocycles. The molecule has 1 N–H and O–H groups in total. The highest BCUT2D eigenvalue weighted by Gasteiger charge is 2.04. The average Bonchev–Trinajstić information content (AvgIpc) is 2.24. The summed E-state index contributed by atoms with van der Waals surface area (Å²) in [5.74, 6) is 1.28. The van der Waals surface area contributed by atoms with Gasteiger partial charge < -0.3 is 9.84 Å². The van der Waals surface area contributed by atoms with E-state index in [1.54, 1.807) is 36.7 Å². The lowest BCUT2D eigenvalue weighted by molar-refractivity contribution is 0.409. The predicted molar refractivity (Wildman–Crippen MR) is 57.2 cm³/mol. The molecule has 1 aromatic carbocycles. The first-order chi connectivity index (χ1) is 7.27. The van der Waals surface area contributed by atoms with E-state index in [0.29, 0.717) is 11.5 Å². The van der Waals surface area contributed by atoms with Gasteiger partial charge in [0.15, 0.2) is 11.5 Å². The molecule has 0 fully saturated rings. The molecule has 3 nitrogen and oxygen atoms in total. The number of rotatable bonds is 2. The zero-order valence-electron chi connectivity index (χ0n) is 8.34. The highest BCUT2D eigenvalue weighted by molar-refractivity contribution is 5.42. The van der Waals surface area contributed by atoms with Crippen LogP contribution in [0.1, 0.15) is 5.56 Å². The molecule has 2 rings (SSSR count). The first-order valence-electron chi connectivity index (χ1n) is 4.64. The molecular formula is C12H11NO2. The van der Waals surface area contributed by atoms with Gasteiger partial charge >= 0.3 is 0 Å². The molecule has 1 aromatic heterocycles. The Morgan fingerprint density at radius 3 is 2.67 bits per heavy atom. The van der Waals surface area contributed by atoms with Crippen LogP contribution in [0, 0.1) is 6.92 Å². The minimum atomic E-state index is 0.133. The standard InChI is InChI=1S/C12H11NO2/c1-9-8-13-7-6-11(9)15-12-5-3-2-4-10(12)14/h2-8,14H,1H3. The van der Waals surface area contributed by atoms with Crippen molar-refractivity contribution in [1.82, 2.24) is 4.98 Å². The van der Waals surface area contributed by atoms with Gasteiger partial charge in [0, 0.05) is 18.0 Å². The van der Waals surface area contributed by atoms with Crippen LogP contribution in [0.2, 0.25) is 0 Å². The molecule has 2 aromatic rings. The second-order valence-corrected chi connectivity index (χ2v) is 3.21. The molecule has 0 bridgehead atoms. The molecule has 1 heterocycles. The Kier molecular flexibility index (Phi) is 2.54. The number of pyridine rings is 1. The SMILES string of the molecule is Cc1cnccc1Oc1ccccc1O. The number of hydrogen-bond donors (Lipinski definition) is 1. The molecule has 0 unspecified atom stereocenters. The maximum absolute atomic E-state index is 9.52. The summed E-state index contributed by atoms with van der Waals surface area (Å²) in [5, 5.41) is 9.52. The van der Waals surface area contributed by atoms with E-state index in [0.717, 1.165) is 5.56 Å². The third kappa shape index (κ3) is 2.07. The number of nitrogens with zero attached hydrogens (tertiary/aromatic N) is 1. The molecule has 0 spiro atoms. The number of para-hydroxylation sites is 2. The van der Waals surface area contributed by atoms with Crippen LogP contribution in [0.15, 0.2) is 42.7 Å². The maximum Gasteiger partial charge on any atom is 0.169 e. The molecule has 76 valence electrons. The Labute approximate surface area is 88.0 Å². The van der Waals surface area contributed by atoms with Crippen molar-refractivity contribution in [3.63, 3.8) is 0 Å². The summed E-state index contributed by atoms with van der Waals surface area (Å²) in [7, 11) is 0. The first kappa shape index (κ1) is 9.52. The van der Waals surface area contributed by atoms with Crippen LogP contribution >= 0.6 is 0 Å². The molecule has 0 amide bonds. The van der Waals surface area contributed by atoms with E-state index in [2.05, 4.69) is 4.98 Å². The fraction of sp³-hybridized carbons (Fsp3) is 0.0833. The number of hydrogen-bond acceptors (Lipinski definition) is 3. The van der Waals surface area contributed by atoms with Gasteiger partial charge in [0.25, 0.3) is 0 Å². The third-order valence-corrected chi connectivity index (χ3v) is 2.05. The van der Waals surface area contributed by atoms with Crippen LogP contribution < -0.4 is 4.74 Å². The van der Waals surface area contributed by atoms with Crippen LogP contribution in [-0.2, 0) is 0 Å². The predicted octanol–water partition coefficient (Wildman–Crippen LogP) is 2.89. The Morgan fingerprint density at radius 1 is 1.13 bits per heavy atom. The van der Waals surface area contributed by atoms with Gasteiger partial charge in [-0.15, -0.1) is 0 Å². The molecule has 0 atom stereocenters. The minimum absolute atomic E-state index is 0.133. The Bertz CT molecular complexity index is 425. The summed E-state index contributed by atoms with van der Waals surface area (Å²) in [6.07, 6.45) is 3.37. The molecule has 3 heteroatoms. The van der Waals surface area contributed by atoms with Gasteiger partial charge in [-0.3, -0.25) is 4.98 Å². The summed E-state index contributed by atoms with van der Waals surface area (Å²) in [4.78, 5) is 3.97. The van der Waals surface area contributed by atoms with Crippen molar-refractivity contribution in [1.29, 1.82) is 0 Å². The lowest BCUT2D eigenvalue weighted by atomic mass is 10.3. The van der Waals surface area contributed by atoms with E-state index in [4.69, 9.17) is 4.74 Å². The lowest BCUT2D eigenvalue weighted by Gasteiger charge is -2.08. The normalized spacial score (nSPS) is 9.93. The van der Waals surface area contributed by atoms with Crippen molar-refractivity contribution in [2.75, 3.05) is 0 Å². The van der Waals surface area contributed by atoms with E-state index in [1.807, 2.05) is 13.0 Å². The topological polar surface area (TPSA) is 42.4 Å². The van der Waals surface area contributed by atoms with Gasteiger partial charge in [-0.2, -0.15) is 0 Å². The first-order valence-corrected chi connectivity index (χ1v) is 4.64. The number of aromatic nitrogens is 1. The number of aryl methyl sites for hydroxylation is 1. The van der Waals surface area contributed by atoms with E-state index in [1.165, 1.54) is 0 Å². The smallest absolute Gasteiger partial charge is 0.169 e. The van der Waals surface area contributed by atoms with Crippen LogP contribution in [-0.4, -0.2) is 10.1 Å². The quantitative estimate of drug-likeness (QED) is 0.812. The molecule has 0 aliphatic rings. The van der Waals surface area contributed by atoms with Crippen LogP contribution in [0.25, 0.3) is 0 Å².